The van der Waals surface area contributed by atoms with E-state index >= 15 is 0 Å². The molecule has 0 saturated heterocycles. The zero-order valence-corrected chi connectivity index (χ0v) is 14.4. The van der Waals surface area contributed by atoms with Crippen molar-refractivity contribution in [1.82, 2.24) is 5.32 Å². The number of carboxylic acids is 1. The van der Waals surface area contributed by atoms with Crippen LogP contribution in [0.25, 0.3) is 0 Å². The van der Waals surface area contributed by atoms with Crippen molar-refractivity contribution in [3.05, 3.63) is 23.8 Å². The zero-order valence-electron chi connectivity index (χ0n) is 14.4. The van der Waals surface area contributed by atoms with Crippen molar-refractivity contribution < 1.29 is 24.2 Å². The van der Waals surface area contributed by atoms with Crippen LogP contribution in [0.5, 0.6) is 11.5 Å². The van der Waals surface area contributed by atoms with Crippen LogP contribution in [0, 0.1) is 5.92 Å². The van der Waals surface area contributed by atoms with E-state index in [1.54, 1.807) is 18.2 Å². The van der Waals surface area contributed by atoms with Gasteiger partial charge >= 0.3 is 5.97 Å². The average Bonchev–Trinajstić information content (AvgIpc) is 2.61. The second-order valence-corrected chi connectivity index (χ2v) is 6.23. The molecule has 0 aromatic heterocycles. The zero-order chi connectivity index (χ0) is 17.7. The monoisotopic (exact) mass is 335 g/mol. The molecule has 1 aromatic carbocycles. The molecule has 1 fully saturated rings. The van der Waals surface area contributed by atoms with E-state index in [0.717, 1.165) is 19.3 Å². The Morgan fingerprint density at radius 2 is 1.92 bits per heavy atom. The lowest BCUT2D eigenvalue weighted by molar-refractivity contribution is -0.146. The molecule has 0 aliphatic heterocycles. The van der Waals surface area contributed by atoms with E-state index in [4.69, 9.17) is 9.47 Å². The smallest absolute Gasteiger partial charge is 0.329 e. The number of carbonyl (C=O) groups is 2. The number of rotatable bonds is 6. The number of aliphatic carboxylic acids is 1. The summed E-state index contributed by atoms with van der Waals surface area (Å²) in [6.45, 7) is 2.11. The average molecular weight is 335 g/mol. The molecule has 6 heteroatoms. The van der Waals surface area contributed by atoms with Crippen LogP contribution in [-0.2, 0) is 4.79 Å². The summed E-state index contributed by atoms with van der Waals surface area (Å²) in [7, 11) is 2.94. The molecule has 2 rings (SSSR count). The Bertz CT molecular complexity index is 605. The first-order valence-corrected chi connectivity index (χ1v) is 8.24. The Hall–Kier alpha value is -2.24. The molecule has 2 N–H and O–H groups in total. The van der Waals surface area contributed by atoms with Crippen molar-refractivity contribution in [1.29, 1.82) is 0 Å². The third-order valence-electron chi connectivity index (χ3n) is 4.95. The lowest BCUT2D eigenvalue weighted by Crippen LogP contribution is -2.56. The Kier molecular flexibility index (Phi) is 5.70. The molecule has 0 atom stereocenters. The van der Waals surface area contributed by atoms with E-state index in [2.05, 4.69) is 12.2 Å². The van der Waals surface area contributed by atoms with Crippen LogP contribution in [0.3, 0.4) is 0 Å². The van der Waals surface area contributed by atoms with E-state index < -0.39 is 17.4 Å². The predicted octanol–water partition coefficient (Wildman–Crippen LogP) is 2.86. The molecule has 0 spiro atoms. The van der Waals surface area contributed by atoms with Gasteiger partial charge in [0.2, 0.25) is 0 Å². The molecule has 24 heavy (non-hydrogen) atoms. The van der Waals surface area contributed by atoms with Gasteiger partial charge in [0, 0.05) is 0 Å². The first kappa shape index (κ1) is 18.1. The van der Waals surface area contributed by atoms with Crippen LogP contribution in [0.4, 0.5) is 0 Å². The predicted molar refractivity (Wildman–Crippen MR) is 89.6 cm³/mol. The van der Waals surface area contributed by atoms with E-state index in [-0.39, 0.29) is 5.56 Å². The molecule has 0 radical (unpaired) electrons. The van der Waals surface area contributed by atoms with Crippen LogP contribution in [0.2, 0.25) is 0 Å². The van der Waals surface area contributed by atoms with Crippen molar-refractivity contribution in [3.63, 3.8) is 0 Å². The van der Waals surface area contributed by atoms with Crippen molar-refractivity contribution >= 4 is 11.9 Å². The minimum absolute atomic E-state index is 0.273. The van der Waals surface area contributed by atoms with E-state index in [1.807, 2.05) is 0 Å². The van der Waals surface area contributed by atoms with Gasteiger partial charge in [-0.2, -0.15) is 0 Å². The fourth-order valence-corrected chi connectivity index (χ4v) is 3.32. The maximum atomic E-state index is 12.7. The molecular formula is C18H25NO5. The second kappa shape index (κ2) is 7.55. The maximum Gasteiger partial charge on any atom is 0.329 e. The normalized spacial score (nSPS) is 23.4. The third kappa shape index (κ3) is 3.47. The van der Waals surface area contributed by atoms with Crippen molar-refractivity contribution in [2.24, 2.45) is 5.92 Å². The fourth-order valence-electron chi connectivity index (χ4n) is 3.32. The fraction of sp³-hybridized carbons (Fsp3) is 0.556. The summed E-state index contributed by atoms with van der Waals surface area (Å²) in [6, 6.07) is 4.97. The molecule has 1 aliphatic carbocycles. The summed E-state index contributed by atoms with van der Waals surface area (Å²) >= 11 is 0. The highest BCUT2D eigenvalue weighted by molar-refractivity contribution is 6.00. The largest absolute Gasteiger partial charge is 0.493 e. The maximum absolute atomic E-state index is 12.7. The lowest BCUT2D eigenvalue weighted by Gasteiger charge is -2.37. The highest BCUT2D eigenvalue weighted by Gasteiger charge is 2.43. The SMILES string of the molecule is CCC1CCC(NC(=O)c2cccc(OC)c2OC)(C(=O)O)CC1. The molecule has 0 unspecified atom stereocenters. The molecule has 0 bridgehead atoms. The van der Waals surface area contributed by atoms with Gasteiger partial charge in [0.15, 0.2) is 11.5 Å². The minimum atomic E-state index is -1.21. The molecule has 1 saturated carbocycles. The summed E-state index contributed by atoms with van der Waals surface area (Å²) in [5, 5.41) is 12.4. The van der Waals surface area contributed by atoms with Gasteiger partial charge in [-0.05, 0) is 43.7 Å². The molecule has 1 aliphatic rings. The number of amides is 1. The van der Waals surface area contributed by atoms with Gasteiger partial charge in [-0.3, -0.25) is 4.79 Å². The van der Waals surface area contributed by atoms with Gasteiger partial charge in [0.1, 0.15) is 5.54 Å². The topological polar surface area (TPSA) is 84.9 Å². The molecule has 132 valence electrons. The Balaban J connectivity index is 2.25. The Labute approximate surface area is 142 Å². The van der Waals surface area contributed by atoms with Gasteiger partial charge in [0.25, 0.3) is 5.91 Å². The highest BCUT2D eigenvalue weighted by atomic mass is 16.5. The van der Waals surface area contributed by atoms with Gasteiger partial charge in [-0.25, -0.2) is 4.79 Å². The summed E-state index contributed by atoms with van der Waals surface area (Å²) in [6.07, 6.45) is 3.53. The number of ether oxygens (including phenoxy) is 2. The summed E-state index contributed by atoms with van der Waals surface area (Å²) < 4.78 is 10.5. The first-order valence-electron chi connectivity index (χ1n) is 8.24. The van der Waals surface area contributed by atoms with Gasteiger partial charge < -0.3 is 19.9 Å². The van der Waals surface area contributed by atoms with E-state index in [0.29, 0.717) is 30.3 Å². The summed E-state index contributed by atoms with van der Waals surface area (Å²) in [5.74, 6) is -0.166. The van der Waals surface area contributed by atoms with Gasteiger partial charge in [-0.1, -0.05) is 19.4 Å². The van der Waals surface area contributed by atoms with E-state index in [1.165, 1.54) is 14.2 Å². The van der Waals surface area contributed by atoms with E-state index in [9.17, 15) is 14.7 Å². The number of nitrogens with one attached hydrogen (secondary N) is 1. The summed E-state index contributed by atoms with van der Waals surface area (Å²) in [4.78, 5) is 24.6. The summed E-state index contributed by atoms with van der Waals surface area (Å²) in [5.41, 5.74) is -0.938. The Morgan fingerprint density at radius 1 is 1.25 bits per heavy atom. The number of benzene rings is 1. The lowest BCUT2D eigenvalue weighted by atomic mass is 9.75. The highest BCUT2D eigenvalue weighted by Crippen LogP contribution is 2.35. The molecular weight excluding hydrogens is 310 g/mol. The molecule has 1 aromatic rings. The van der Waals surface area contributed by atoms with Crippen molar-refractivity contribution in [3.8, 4) is 11.5 Å². The van der Waals surface area contributed by atoms with Crippen LogP contribution in [0.1, 0.15) is 49.4 Å². The van der Waals surface area contributed by atoms with Crippen molar-refractivity contribution in [2.45, 2.75) is 44.6 Å². The number of hydrogen-bond donors (Lipinski definition) is 2. The second-order valence-electron chi connectivity index (χ2n) is 6.23. The number of carboxylic acid groups (broad SMARTS) is 1. The standard InChI is InChI=1S/C18H25NO5/c1-4-12-8-10-18(11-9-12,17(21)22)19-16(20)13-6-5-7-14(23-2)15(13)24-3/h5-7,12H,4,8-11H2,1-3H3,(H,19,20)(H,21,22). The van der Waals surface area contributed by atoms with Crippen LogP contribution < -0.4 is 14.8 Å². The Morgan fingerprint density at radius 3 is 2.42 bits per heavy atom. The van der Waals surface area contributed by atoms with Crippen LogP contribution >= 0.6 is 0 Å². The molecule has 6 nitrogen and oxygen atoms in total. The first-order chi connectivity index (χ1) is 11.5. The van der Waals surface area contributed by atoms with Crippen molar-refractivity contribution in [2.75, 3.05) is 14.2 Å². The molecule has 1 amide bonds. The van der Waals surface area contributed by atoms with Gasteiger partial charge in [0.05, 0.1) is 19.8 Å². The molecule has 0 heterocycles. The van der Waals surface area contributed by atoms with Gasteiger partial charge in [-0.15, -0.1) is 0 Å². The number of carbonyl (C=O) groups excluding carboxylic acids is 1. The number of para-hydroxylation sites is 1. The minimum Gasteiger partial charge on any atom is -0.493 e. The third-order valence-corrected chi connectivity index (χ3v) is 4.95. The van der Waals surface area contributed by atoms with Crippen LogP contribution in [-0.4, -0.2) is 36.7 Å². The van der Waals surface area contributed by atoms with Crippen LogP contribution in [0.15, 0.2) is 18.2 Å². The quantitative estimate of drug-likeness (QED) is 0.835. The number of methoxy groups -OCH3 is 2. The number of hydrogen-bond acceptors (Lipinski definition) is 4.